The summed E-state index contributed by atoms with van der Waals surface area (Å²) in [5, 5.41) is 3.52. The maximum absolute atomic E-state index is 12.2. The van der Waals surface area contributed by atoms with Gasteiger partial charge in [0.2, 0.25) is 15.9 Å². The van der Waals surface area contributed by atoms with E-state index in [1.54, 1.807) is 0 Å². The van der Waals surface area contributed by atoms with Crippen LogP contribution in [-0.4, -0.2) is 26.9 Å². The highest BCUT2D eigenvalue weighted by Gasteiger charge is 2.20. The Morgan fingerprint density at radius 1 is 1.16 bits per heavy atom. The molecule has 2 rings (SSSR count). The predicted molar refractivity (Wildman–Crippen MR) is 100 cm³/mol. The number of sulfonamides is 1. The van der Waals surface area contributed by atoms with Crippen LogP contribution in [0.5, 0.6) is 0 Å². The molecule has 1 amide bonds. The van der Waals surface area contributed by atoms with Gasteiger partial charge in [0.25, 0.3) is 0 Å². The first kappa shape index (κ1) is 20.5. The SMILES string of the molecule is CC1CCC(NC(=O)CCCNS(=O)(=O)c2ccc(Cl)c(Cl)c2)CC1. The number of carbonyl (C=O) groups excluding carboxylic acids is 1. The molecule has 1 aromatic rings. The Labute approximate surface area is 159 Å². The van der Waals surface area contributed by atoms with Gasteiger partial charge in [-0.05, 0) is 56.2 Å². The number of carbonyl (C=O) groups is 1. The molecule has 0 aliphatic heterocycles. The van der Waals surface area contributed by atoms with Crippen molar-refractivity contribution >= 4 is 39.1 Å². The third kappa shape index (κ3) is 6.44. The zero-order valence-electron chi connectivity index (χ0n) is 14.2. The normalized spacial score (nSPS) is 21.1. The van der Waals surface area contributed by atoms with Gasteiger partial charge in [0.15, 0.2) is 0 Å². The summed E-state index contributed by atoms with van der Waals surface area (Å²) in [5.74, 6) is 0.720. The Kier molecular flexibility index (Phi) is 7.55. The maximum Gasteiger partial charge on any atom is 0.240 e. The van der Waals surface area contributed by atoms with Gasteiger partial charge in [-0.15, -0.1) is 0 Å². The molecule has 5 nitrogen and oxygen atoms in total. The molecule has 0 unspecified atom stereocenters. The van der Waals surface area contributed by atoms with Gasteiger partial charge in [0.1, 0.15) is 0 Å². The van der Waals surface area contributed by atoms with Gasteiger partial charge in [0, 0.05) is 19.0 Å². The number of hydrogen-bond acceptors (Lipinski definition) is 3. The molecule has 2 N–H and O–H groups in total. The van der Waals surface area contributed by atoms with E-state index >= 15 is 0 Å². The minimum Gasteiger partial charge on any atom is -0.353 e. The van der Waals surface area contributed by atoms with Crippen molar-refractivity contribution in [2.75, 3.05) is 6.54 Å². The first-order chi connectivity index (χ1) is 11.8. The molecule has 0 spiro atoms. The van der Waals surface area contributed by atoms with Gasteiger partial charge in [-0.2, -0.15) is 0 Å². The van der Waals surface area contributed by atoms with Crippen LogP contribution in [0.15, 0.2) is 23.1 Å². The smallest absolute Gasteiger partial charge is 0.240 e. The van der Waals surface area contributed by atoms with Crippen molar-refractivity contribution in [3.63, 3.8) is 0 Å². The summed E-state index contributed by atoms with van der Waals surface area (Å²) in [4.78, 5) is 12.0. The highest BCUT2D eigenvalue weighted by Crippen LogP contribution is 2.25. The van der Waals surface area contributed by atoms with Crippen molar-refractivity contribution in [3.05, 3.63) is 28.2 Å². The van der Waals surface area contributed by atoms with Gasteiger partial charge < -0.3 is 5.32 Å². The number of nitrogens with one attached hydrogen (secondary N) is 2. The summed E-state index contributed by atoms with van der Waals surface area (Å²) < 4.78 is 26.8. The number of rotatable bonds is 7. The molecule has 1 aliphatic rings. The van der Waals surface area contributed by atoms with Gasteiger partial charge in [0.05, 0.1) is 14.9 Å². The average Bonchev–Trinajstić information content (AvgIpc) is 2.56. The molecule has 0 aromatic heterocycles. The number of amides is 1. The standard InChI is InChI=1S/C17H24Cl2N2O3S/c1-12-4-6-13(7-5-12)21-17(22)3-2-10-20-25(23,24)14-8-9-15(18)16(19)11-14/h8-9,11-13,20H,2-7,10H2,1H3,(H,21,22). The van der Waals surface area contributed by atoms with Crippen LogP contribution in [0.3, 0.4) is 0 Å². The Balaban J connectivity index is 1.72. The number of hydrogen-bond donors (Lipinski definition) is 2. The predicted octanol–water partition coefficient (Wildman–Crippen LogP) is 3.75. The van der Waals surface area contributed by atoms with E-state index in [2.05, 4.69) is 17.0 Å². The largest absolute Gasteiger partial charge is 0.353 e. The summed E-state index contributed by atoms with van der Waals surface area (Å²) in [5.41, 5.74) is 0. The summed E-state index contributed by atoms with van der Waals surface area (Å²) in [6.45, 7) is 2.43. The summed E-state index contributed by atoms with van der Waals surface area (Å²) in [7, 11) is -3.66. The second kappa shape index (κ2) is 9.21. The number of halogens is 2. The lowest BCUT2D eigenvalue weighted by atomic mass is 9.87. The lowest BCUT2D eigenvalue weighted by molar-refractivity contribution is -0.122. The van der Waals surface area contributed by atoms with Crippen molar-refractivity contribution in [2.45, 2.75) is 56.4 Å². The fourth-order valence-electron chi connectivity index (χ4n) is 2.89. The van der Waals surface area contributed by atoms with E-state index in [1.165, 1.54) is 18.2 Å². The third-order valence-electron chi connectivity index (χ3n) is 4.46. The van der Waals surface area contributed by atoms with Crippen LogP contribution in [0, 0.1) is 5.92 Å². The molecular weight excluding hydrogens is 383 g/mol. The molecule has 140 valence electrons. The van der Waals surface area contributed by atoms with Gasteiger partial charge in [-0.1, -0.05) is 30.1 Å². The van der Waals surface area contributed by atoms with Crippen molar-refractivity contribution in [2.24, 2.45) is 5.92 Å². The zero-order valence-corrected chi connectivity index (χ0v) is 16.6. The van der Waals surface area contributed by atoms with Crippen LogP contribution in [0.2, 0.25) is 10.0 Å². The Morgan fingerprint density at radius 3 is 2.48 bits per heavy atom. The quantitative estimate of drug-likeness (QED) is 0.676. The van der Waals surface area contributed by atoms with E-state index in [9.17, 15) is 13.2 Å². The number of benzene rings is 1. The van der Waals surface area contributed by atoms with Crippen molar-refractivity contribution < 1.29 is 13.2 Å². The first-order valence-electron chi connectivity index (χ1n) is 8.52. The van der Waals surface area contributed by atoms with Gasteiger partial charge in [-0.3, -0.25) is 4.79 Å². The van der Waals surface area contributed by atoms with Crippen LogP contribution < -0.4 is 10.0 Å². The molecule has 25 heavy (non-hydrogen) atoms. The van der Waals surface area contributed by atoms with E-state index in [4.69, 9.17) is 23.2 Å². The first-order valence-corrected chi connectivity index (χ1v) is 10.8. The minimum absolute atomic E-state index is 0.0201. The molecule has 1 fully saturated rings. The second-order valence-corrected chi connectivity index (χ2v) is 9.18. The molecule has 0 heterocycles. The fourth-order valence-corrected chi connectivity index (χ4v) is 4.35. The van der Waals surface area contributed by atoms with E-state index in [-0.39, 0.29) is 28.4 Å². The van der Waals surface area contributed by atoms with E-state index in [0.717, 1.165) is 31.6 Å². The van der Waals surface area contributed by atoms with Gasteiger partial charge >= 0.3 is 0 Å². The van der Waals surface area contributed by atoms with Crippen molar-refractivity contribution in [3.8, 4) is 0 Å². The zero-order chi connectivity index (χ0) is 18.4. The summed E-state index contributed by atoms with van der Waals surface area (Å²) >= 11 is 11.6. The molecule has 1 aromatic carbocycles. The molecule has 0 saturated heterocycles. The molecule has 1 saturated carbocycles. The van der Waals surface area contributed by atoms with Crippen LogP contribution >= 0.6 is 23.2 Å². The van der Waals surface area contributed by atoms with E-state index in [0.29, 0.717) is 17.9 Å². The summed E-state index contributed by atoms with van der Waals surface area (Å²) in [6.07, 6.45) is 5.09. The van der Waals surface area contributed by atoms with E-state index in [1.807, 2.05) is 0 Å². The van der Waals surface area contributed by atoms with Crippen LogP contribution in [0.4, 0.5) is 0 Å². The molecule has 0 bridgehead atoms. The van der Waals surface area contributed by atoms with E-state index < -0.39 is 10.0 Å². The van der Waals surface area contributed by atoms with Crippen molar-refractivity contribution in [1.82, 2.24) is 10.0 Å². The average molecular weight is 407 g/mol. The fraction of sp³-hybridized carbons (Fsp3) is 0.588. The second-order valence-electron chi connectivity index (χ2n) is 6.60. The highest BCUT2D eigenvalue weighted by atomic mass is 35.5. The molecule has 0 radical (unpaired) electrons. The topological polar surface area (TPSA) is 75.3 Å². The molecule has 8 heteroatoms. The molecular formula is C17H24Cl2N2O3S. The monoisotopic (exact) mass is 406 g/mol. The lowest BCUT2D eigenvalue weighted by Crippen LogP contribution is -2.37. The van der Waals surface area contributed by atoms with Crippen LogP contribution in [0.25, 0.3) is 0 Å². The summed E-state index contributed by atoms with van der Waals surface area (Å²) in [6, 6.07) is 4.41. The molecule has 1 aliphatic carbocycles. The third-order valence-corrected chi connectivity index (χ3v) is 6.65. The Bertz CT molecular complexity index is 702. The Morgan fingerprint density at radius 2 is 1.84 bits per heavy atom. The van der Waals surface area contributed by atoms with Gasteiger partial charge in [-0.25, -0.2) is 13.1 Å². The van der Waals surface area contributed by atoms with Crippen LogP contribution in [-0.2, 0) is 14.8 Å². The highest BCUT2D eigenvalue weighted by molar-refractivity contribution is 7.89. The minimum atomic E-state index is -3.66. The maximum atomic E-state index is 12.2. The van der Waals surface area contributed by atoms with Crippen LogP contribution in [0.1, 0.15) is 45.4 Å². The molecule has 0 atom stereocenters. The Hall–Kier alpha value is -0.820. The lowest BCUT2D eigenvalue weighted by Gasteiger charge is -2.26. The van der Waals surface area contributed by atoms with Crippen molar-refractivity contribution in [1.29, 1.82) is 0 Å².